The van der Waals surface area contributed by atoms with Gasteiger partial charge in [0.15, 0.2) is 0 Å². The Bertz CT molecular complexity index is 1200. The van der Waals surface area contributed by atoms with Gasteiger partial charge < -0.3 is 9.88 Å². The third-order valence-corrected chi connectivity index (χ3v) is 4.83. The number of halogens is 1. The zero-order valence-electron chi connectivity index (χ0n) is 14.3. The summed E-state index contributed by atoms with van der Waals surface area (Å²) in [5.41, 5.74) is 1.29. The molecule has 1 N–H and O–H groups in total. The molecule has 0 atom stereocenters. The van der Waals surface area contributed by atoms with Gasteiger partial charge in [-0.2, -0.15) is 0 Å². The minimum atomic E-state index is -0.322. The zero-order chi connectivity index (χ0) is 18.8. The molecule has 0 radical (unpaired) electrons. The van der Waals surface area contributed by atoms with Gasteiger partial charge in [-0.1, -0.05) is 39.3 Å². The lowest BCUT2D eigenvalue weighted by Gasteiger charge is -2.09. The fourth-order valence-corrected chi connectivity index (χ4v) is 3.34. The maximum Gasteiger partial charge on any atom is 0.278 e. The molecule has 4 rings (SSSR count). The fourth-order valence-electron chi connectivity index (χ4n) is 2.99. The fraction of sp³-hybridized carbons (Fsp3) is 0.158. The van der Waals surface area contributed by atoms with Crippen LogP contribution in [0.4, 0.5) is 0 Å². The minimum Gasteiger partial charge on any atom is -0.353 e. The molecule has 8 heteroatoms. The van der Waals surface area contributed by atoms with Crippen molar-refractivity contribution in [3.63, 3.8) is 0 Å². The highest BCUT2D eigenvalue weighted by molar-refractivity contribution is 9.10. The van der Waals surface area contributed by atoms with E-state index in [1.165, 1.54) is 0 Å². The van der Waals surface area contributed by atoms with Crippen molar-refractivity contribution in [3.8, 4) is 0 Å². The van der Waals surface area contributed by atoms with E-state index in [1.807, 2.05) is 30.5 Å². The molecular weight excluding hydrogens is 410 g/mol. The first-order valence-corrected chi connectivity index (χ1v) is 9.25. The highest BCUT2D eigenvalue weighted by Gasteiger charge is 2.09. The lowest BCUT2D eigenvalue weighted by Crippen LogP contribution is -2.35. The van der Waals surface area contributed by atoms with Crippen LogP contribution in [0.15, 0.2) is 64.0 Å². The van der Waals surface area contributed by atoms with E-state index in [0.29, 0.717) is 24.0 Å². The Morgan fingerprint density at radius 2 is 2.00 bits per heavy atom. The standard InChI is InChI=1S/C19H16BrN5O2/c20-14-6-5-13-7-9-24(17(13)11-14)10-8-21-18(26)12-25-19(27)15-3-1-2-4-16(15)22-23-25/h1-7,9,11H,8,10,12H2,(H,21,26). The van der Waals surface area contributed by atoms with Crippen LogP contribution in [-0.2, 0) is 17.9 Å². The Hall–Kier alpha value is -3.00. The summed E-state index contributed by atoms with van der Waals surface area (Å²) < 4.78 is 4.16. The van der Waals surface area contributed by atoms with Gasteiger partial charge in [0.25, 0.3) is 5.56 Å². The van der Waals surface area contributed by atoms with Crippen molar-refractivity contribution in [1.29, 1.82) is 0 Å². The summed E-state index contributed by atoms with van der Waals surface area (Å²) in [5.74, 6) is -0.278. The molecule has 2 aromatic heterocycles. The number of carbonyl (C=O) groups excluding carboxylic acids is 1. The van der Waals surface area contributed by atoms with Crippen LogP contribution in [0.5, 0.6) is 0 Å². The van der Waals surface area contributed by atoms with Crippen LogP contribution in [0.1, 0.15) is 0 Å². The quantitative estimate of drug-likeness (QED) is 0.531. The second-order valence-electron chi connectivity index (χ2n) is 6.13. The first-order valence-electron chi connectivity index (χ1n) is 8.45. The molecule has 0 aliphatic heterocycles. The summed E-state index contributed by atoms with van der Waals surface area (Å²) in [6.45, 7) is 0.920. The number of carbonyl (C=O) groups is 1. The first kappa shape index (κ1) is 17.4. The van der Waals surface area contributed by atoms with Crippen molar-refractivity contribution >= 4 is 43.6 Å². The van der Waals surface area contributed by atoms with Crippen LogP contribution in [0.2, 0.25) is 0 Å². The Labute approximate surface area is 162 Å². The van der Waals surface area contributed by atoms with E-state index in [4.69, 9.17) is 0 Å². The Morgan fingerprint density at radius 3 is 2.89 bits per heavy atom. The summed E-state index contributed by atoms with van der Waals surface area (Å²) in [7, 11) is 0. The molecule has 0 aliphatic carbocycles. The van der Waals surface area contributed by atoms with Gasteiger partial charge >= 0.3 is 0 Å². The number of aromatic nitrogens is 4. The number of fused-ring (bicyclic) bond motifs is 2. The number of nitrogens with one attached hydrogen (secondary N) is 1. The molecule has 2 aromatic carbocycles. The van der Waals surface area contributed by atoms with Crippen LogP contribution in [0.3, 0.4) is 0 Å². The molecule has 0 saturated carbocycles. The smallest absolute Gasteiger partial charge is 0.278 e. The van der Waals surface area contributed by atoms with Crippen LogP contribution in [0, 0.1) is 0 Å². The number of rotatable bonds is 5. The van der Waals surface area contributed by atoms with Crippen LogP contribution >= 0.6 is 15.9 Å². The predicted octanol–water partition coefficient (Wildman–Crippen LogP) is 2.33. The van der Waals surface area contributed by atoms with Crippen molar-refractivity contribution in [2.75, 3.05) is 6.54 Å². The van der Waals surface area contributed by atoms with Crippen molar-refractivity contribution in [2.45, 2.75) is 13.1 Å². The third kappa shape index (κ3) is 3.61. The third-order valence-electron chi connectivity index (χ3n) is 4.33. The van der Waals surface area contributed by atoms with Crippen LogP contribution < -0.4 is 10.9 Å². The van der Waals surface area contributed by atoms with Gasteiger partial charge in [-0.05, 0) is 35.7 Å². The number of hydrogen-bond acceptors (Lipinski definition) is 4. The Morgan fingerprint density at radius 1 is 1.15 bits per heavy atom. The van der Waals surface area contributed by atoms with Crippen molar-refractivity contribution in [3.05, 3.63) is 69.6 Å². The summed E-state index contributed by atoms with van der Waals surface area (Å²) in [4.78, 5) is 24.6. The summed E-state index contributed by atoms with van der Waals surface area (Å²) in [6, 6.07) is 15.1. The highest BCUT2D eigenvalue weighted by atomic mass is 79.9. The molecule has 136 valence electrons. The SMILES string of the molecule is O=C(Cn1nnc2ccccc2c1=O)NCCn1ccc2ccc(Br)cc21. The van der Waals surface area contributed by atoms with Crippen molar-refractivity contribution < 1.29 is 4.79 Å². The lowest BCUT2D eigenvalue weighted by molar-refractivity contribution is -0.121. The minimum absolute atomic E-state index is 0.158. The van der Waals surface area contributed by atoms with E-state index in [-0.39, 0.29) is 18.0 Å². The van der Waals surface area contributed by atoms with Crippen LogP contribution in [-0.4, -0.2) is 32.0 Å². The number of nitrogens with zero attached hydrogens (tertiary/aromatic N) is 4. The highest BCUT2D eigenvalue weighted by Crippen LogP contribution is 2.20. The van der Waals surface area contributed by atoms with E-state index in [1.54, 1.807) is 24.3 Å². The molecule has 1 amide bonds. The molecule has 0 saturated heterocycles. The first-order chi connectivity index (χ1) is 13.1. The van der Waals surface area contributed by atoms with Gasteiger partial charge in [0.05, 0.1) is 5.39 Å². The Balaban J connectivity index is 1.40. The van der Waals surface area contributed by atoms with Gasteiger partial charge in [0.2, 0.25) is 5.91 Å². The molecule has 0 fully saturated rings. The summed E-state index contributed by atoms with van der Waals surface area (Å²) >= 11 is 3.48. The van der Waals surface area contributed by atoms with E-state index in [9.17, 15) is 9.59 Å². The Kier molecular flexibility index (Phi) is 4.72. The largest absolute Gasteiger partial charge is 0.353 e. The molecule has 0 bridgehead atoms. The van der Waals surface area contributed by atoms with E-state index in [2.05, 4.69) is 36.1 Å². The van der Waals surface area contributed by atoms with E-state index < -0.39 is 0 Å². The molecule has 2 heterocycles. The average molecular weight is 426 g/mol. The average Bonchev–Trinajstić information content (AvgIpc) is 3.06. The number of hydrogen-bond donors (Lipinski definition) is 1. The molecular formula is C19H16BrN5O2. The van der Waals surface area contributed by atoms with Gasteiger partial charge in [-0.15, -0.1) is 5.10 Å². The predicted molar refractivity (Wildman–Crippen MR) is 106 cm³/mol. The zero-order valence-corrected chi connectivity index (χ0v) is 15.9. The normalized spacial score (nSPS) is 11.1. The maximum atomic E-state index is 12.4. The van der Waals surface area contributed by atoms with Gasteiger partial charge in [-0.3, -0.25) is 9.59 Å². The molecule has 27 heavy (non-hydrogen) atoms. The number of amides is 1. The lowest BCUT2D eigenvalue weighted by atomic mass is 10.2. The topological polar surface area (TPSA) is 81.8 Å². The molecule has 0 unspecified atom stereocenters. The second kappa shape index (κ2) is 7.32. The van der Waals surface area contributed by atoms with Crippen molar-refractivity contribution in [1.82, 2.24) is 24.9 Å². The maximum absolute atomic E-state index is 12.4. The number of benzene rings is 2. The molecule has 0 aliphatic rings. The van der Waals surface area contributed by atoms with Gasteiger partial charge in [0.1, 0.15) is 12.1 Å². The van der Waals surface area contributed by atoms with E-state index >= 15 is 0 Å². The summed E-state index contributed by atoms with van der Waals surface area (Å²) in [5, 5.41) is 12.2. The second-order valence-corrected chi connectivity index (χ2v) is 7.05. The van der Waals surface area contributed by atoms with Gasteiger partial charge in [0, 0.05) is 29.3 Å². The van der Waals surface area contributed by atoms with Crippen molar-refractivity contribution in [2.24, 2.45) is 0 Å². The van der Waals surface area contributed by atoms with Crippen LogP contribution in [0.25, 0.3) is 21.8 Å². The monoisotopic (exact) mass is 425 g/mol. The summed E-state index contributed by atoms with van der Waals surface area (Å²) in [6.07, 6.45) is 1.99. The van der Waals surface area contributed by atoms with Gasteiger partial charge in [-0.25, -0.2) is 4.68 Å². The molecule has 0 spiro atoms. The molecule has 7 nitrogen and oxygen atoms in total. The molecule has 4 aromatic rings. The van der Waals surface area contributed by atoms with E-state index in [0.717, 1.165) is 20.1 Å².